The fraction of sp³-hybridized carbons (Fsp3) is 0.250. The van der Waals surface area contributed by atoms with Gasteiger partial charge in [0.15, 0.2) is 10.8 Å². The highest BCUT2D eigenvalue weighted by molar-refractivity contribution is 7.10. The third-order valence-corrected chi connectivity index (χ3v) is 3.65. The lowest BCUT2D eigenvalue weighted by Crippen LogP contribution is -2.28. The van der Waals surface area contributed by atoms with Gasteiger partial charge in [-0.2, -0.15) is 0 Å². The molecule has 0 spiro atoms. The van der Waals surface area contributed by atoms with Gasteiger partial charge >= 0.3 is 0 Å². The quantitative estimate of drug-likeness (QED) is 0.937. The van der Waals surface area contributed by atoms with Crippen molar-refractivity contribution in [2.75, 3.05) is 0 Å². The highest BCUT2D eigenvalue weighted by atomic mass is 35.5. The first kappa shape index (κ1) is 13.0. The number of halogens is 1. The van der Waals surface area contributed by atoms with Gasteiger partial charge in [-0.1, -0.05) is 24.6 Å². The number of hydrogen-bond donors (Lipinski definition) is 1. The number of nitrogens with zero attached hydrogens (tertiary/aromatic N) is 2. The smallest absolute Gasteiger partial charge is 0.272 e. The van der Waals surface area contributed by atoms with Gasteiger partial charge in [-0.3, -0.25) is 4.79 Å². The third-order valence-electron chi connectivity index (χ3n) is 2.46. The standard InChI is InChI=1S/C12H12ClN3OS/c1-2-8(10-4-3-7-18-10)14-12(17)9-5-6-11(13)16-15-9/h3-8H,2H2,1H3,(H,14,17). The second-order valence-electron chi connectivity index (χ2n) is 3.69. The van der Waals surface area contributed by atoms with E-state index in [2.05, 4.69) is 15.5 Å². The van der Waals surface area contributed by atoms with Crippen LogP contribution in [-0.4, -0.2) is 16.1 Å². The molecule has 2 aromatic rings. The summed E-state index contributed by atoms with van der Waals surface area (Å²) in [4.78, 5) is 13.1. The number of nitrogens with one attached hydrogen (secondary N) is 1. The first-order valence-electron chi connectivity index (χ1n) is 5.54. The maximum Gasteiger partial charge on any atom is 0.272 e. The Bertz CT molecular complexity index is 513. The van der Waals surface area contributed by atoms with Crippen LogP contribution in [0.15, 0.2) is 29.6 Å². The van der Waals surface area contributed by atoms with Crippen molar-refractivity contribution in [2.24, 2.45) is 0 Å². The summed E-state index contributed by atoms with van der Waals surface area (Å²) in [5.41, 5.74) is 0.273. The third kappa shape index (κ3) is 3.05. The maximum absolute atomic E-state index is 12.0. The summed E-state index contributed by atoms with van der Waals surface area (Å²) in [5, 5.41) is 12.6. The first-order chi connectivity index (χ1) is 8.70. The topological polar surface area (TPSA) is 54.9 Å². The fourth-order valence-corrected chi connectivity index (χ4v) is 2.50. The molecule has 0 fully saturated rings. The largest absolute Gasteiger partial charge is 0.343 e. The molecule has 0 aromatic carbocycles. The fourth-order valence-electron chi connectivity index (χ4n) is 1.53. The van der Waals surface area contributed by atoms with E-state index in [1.807, 2.05) is 24.4 Å². The highest BCUT2D eigenvalue weighted by Crippen LogP contribution is 2.21. The zero-order valence-corrected chi connectivity index (χ0v) is 11.3. The van der Waals surface area contributed by atoms with E-state index in [1.165, 1.54) is 0 Å². The molecular weight excluding hydrogens is 270 g/mol. The molecule has 0 radical (unpaired) electrons. The van der Waals surface area contributed by atoms with Crippen LogP contribution in [0.4, 0.5) is 0 Å². The summed E-state index contributed by atoms with van der Waals surface area (Å²) in [6.45, 7) is 2.03. The molecule has 1 atom stereocenters. The van der Waals surface area contributed by atoms with Gasteiger partial charge in [-0.05, 0) is 30.0 Å². The molecule has 0 bridgehead atoms. The monoisotopic (exact) mass is 281 g/mol. The van der Waals surface area contributed by atoms with E-state index in [9.17, 15) is 4.79 Å². The maximum atomic E-state index is 12.0. The van der Waals surface area contributed by atoms with Crippen molar-refractivity contribution in [2.45, 2.75) is 19.4 Å². The van der Waals surface area contributed by atoms with Gasteiger partial charge in [-0.25, -0.2) is 0 Å². The van der Waals surface area contributed by atoms with Gasteiger partial charge in [0.2, 0.25) is 0 Å². The molecule has 4 nitrogen and oxygen atoms in total. The summed E-state index contributed by atoms with van der Waals surface area (Å²) in [6, 6.07) is 7.10. The average Bonchev–Trinajstić information content (AvgIpc) is 2.90. The van der Waals surface area contributed by atoms with E-state index in [-0.39, 0.29) is 22.8 Å². The second kappa shape index (κ2) is 5.93. The van der Waals surface area contributed by atoms with Crippen LogP contribution in [0.3, 0.4) is 0 Å². The van der Waals surface area contributed by atoms with Gasteiger partial charge in [0.1, 0.15) is 0 Å². The minimum atomic E-state index is -0.237. The lowest BCUT2D eigenvalue weighted by Gasteiger charge is -2.14. The Balaban J connectivity index is 2.08. The SMILES string of the molecule is CCC(NC(=O)c1ccc(Cl)nn1)c1cccs1. The van der Waals surface area contributed by atoms with E-state index in [0.29, 0.717) is 0 Å². The van der Waals surface area contributed by atoms with Crippen LogP contribution in [0.1, 0.15) is 34.8 Å². The summed E-state index contributed by atoms with van der Waals surface area (Å²) < 4.78 is 0. The molecule has 0 saturated carbocycles. The molecule has 2 heterocycles. The van der Waals surface area contributed by atoms with Crippen LogP contribution in [0, 0.1) is 0 Å². The summed E-state index contributed by atoms with van der Waals surface area (Å²) in [7, 11) is 0. The molecule has 1 N–H and O–H groups in total. The molecule has 18 heavy (non-hydrogen) atoms. The van der Waals surface area contributed by atoms with Crippen molar-refractivity contribution in [3.63, 3.8) is 0 Å². The second-order valence-corrected chi connectivity index (χ2v) is 5.06. The number of thiophene rings is 1. The summed E-state index contributed by atoms with van der Waals surface area (Å²) in [5.74, 6) is -0.237. The molecule has 0 aliphatic carbocycles. The number of amides is 1. The minimum Gasteiger partial charge on any atom is -0.343 e. The number of carbonyl (C=O) groups excluding carboxylic acids is 1. The summed E-state index contributed by atoms with van der Waals surface area (Å²) >= 11 is 7.25. The predicted octanol–water partition coefficient (Wildman–Crippen LogP) is 3.07. The van der Waals surface area contributed by atoms with Crippen molar-refractivity contribution < 1.29 is 4.79 Å². The lowest BCUT2D eigenvalue weighted by atomic mass is 10.2. The van der Waals surface area contributed by atoms with Crippen LogP contribution in [0.25, 0.3) is 0 Å². The minimum absolute atomic E-state index is 0.00924. The van der Waals surface area contributed by atoms with Gasteiger partial charge in [0.25, 0.3) is 5.91 Å². The van der Waals surface area contributed by atoms with Crippen LogP contribution < -0.4 is 5.32 Å². The van der Waals surface area contributed by atoms with Crippen LogP contribution in [0.2, 0.25) is 5.15 Å². The van der Waals surface area contributed by atoms with E-state index in [0.717, 1.165) is 11.3 Å². The normalized spacial score (nSPS) is 12.1. The zero-order valence-electron chi connectivity index (χ0n) is 9.76. The molecule has 6 heteroatoms. The Labute approximate surface area is 114 Å². The van der Waals surface area contributed by atoms with E-state index in [1.54, 1.807) is 23.5 Å². The molecule has 0 aliphatic heterocycles. The predicted molar refractivity (Wildman–Crippen MR) is 71.9 cm³/mol. The Morgan fingerprint density at radius 2 is 2.28 bits per heavy atom. The molecule has 2 rings (SSSR count). The van der Waals surface area contributed by atoms with Crippen molar-refractivity contribution in [1.82, 2.24) is 15.5 Å². The Kier molecular flexibility index (Phi) is 4.28. The number of rotatable bonds is 4. The first-order valence-corrected chi connectivity index (χ1v) is 6.80. The number of aromatic nitrogens is 2. The van der Waals surface area contributed by atoms with Crippen molar-refractivity contribution in [3.8, 4) is 0 Å². The van der Waals surface area contributed by atoms with Gasteiger partial charge in [0, 0.05) is 4.88 Å². The molecule has 1 amide bonds. The lowest BCUT2D eigenvalue weighted by molar-refractivity contribution is 0.0930. The van der Waals surface area contributed by atoms with Gasteiger partial charge in [0.05, 0.1) is 6.04 Å². The molecule has 0 aliphatic rings. The Morgan fingerprint density at radius 1 is 1.44 bits per heavy atom. The van der Waals surface area contributed by atoms with Crippen LogP contribution in [0.5, 0.6) is 0 Å². The molecule has 0 saturated heterocycles. The summed E-state index contributed by atoms with van der Waals surface area (Å²) in [6.07, 6.45) is 0.827. The zero-order chi connectivity index (χ0) is 13.0. The van der Waals surface area contributed by atoms with Crippen LogP contribution in [-0.2, 0) is 0 Å². The van der Waals surface area contributed by atoms with Crippen molar-refractivity contribution in [1.29, 1.82) is 0 Å². The number of carbonyl (C=O) groups is 1. The van der Waals surface area contributed by atoms with Crippen molar-refractivity contribution in [3.05, 3.63) is 45.4 Å². The van der Waals surface area contributed by atoms with Crippen LogP contribution >= 0.6 is 22.9 Å². The molecule has 2 aromatic heterocycles. The Hall–Kier alpha value is -1.46. The molecular formula is C12H12ClN3OS. The average molecular weight is 282 g/mol. The van der Waals surface area contributed by atoms with E-state index in [4.69, 9.17) is 11.6 Å². The number of hydrogen-bond acceptors (Lipinski definition) is 4. The van der Waals surface area contributed by atoms with E-state index < -0.39 is 0 Å². The van der Waals surface area contributed by atoms with Crippen molar-refractivity contribution >= 4 is 28.8 Å². The highest BCUT2D eigenvalue weighted by Gasteiger charge is 2.15. The molecule has 1 unspecified atom stereocenters. The van der Waals surface area contributed by atoms with E-state index >= 15 is 0 Å². The Morgan fingerprint density at radius 3 is 2.83 bits per heavy atom. The molecule has 94 valence electrons. The van der Waals surface area contributed by atoms with Gasteiger partial charge in [-0.15, -0.1) is 21.5 Å². The van der Waals surface area contributed by atoms with Gasteiger partial charge < -0.3 is 5.32 Å².